The lowest BCUT2D eigenvalue weighted by molar-refractivity contribution is -0.385. The van der Waals surface area contributed by atoms with Gasteiger partial charge in [0.25, 0.3) is 11.4 Å². The molecule has 0 aliphatic rings. The van der Waals surface area contributed by atoms with Gasteiger partial charge in [-0.2, -0.15) is 0 Å². The maximum absolute atomic E-state index is 10.6. The standard InChI is InChI=1S/C28H40N2O13/c31-29(32)25-1-5-27(6-2-25)42-23-21-40-19-17-38-15-13-36-11-9-35-10-12-37-14-16-39-18-20-41-22-24-43-28-7-3-26(4-8-28)30(33)34/h1-8H,9-24H2. The zero-order chi connectivity index (χ0) is 30.8. The number of rotatable bonds is 28. The molecule has 0 N–H and O–H groups in total. The summed E-state index contributed by atoms with van der Waals surface area (Å²) in [6.07, 6.45) is 0. The molecule has 2 aromatic rings. The second-order valence-corrected chi connectivity index (χ2v) is 8.49. The Morgan fingerprint density at radius 2 is 0.581 bits per heavy atom. The third kappa shape index (κ3) is 18.7. The second-order valence-electron chi connectivity index (χ2n) is 8.49. The molecular formula is C28H40N2O13. The molecule has 0 amide bonds. The van der Waals surface area contributed by atoms with Crippen LogP contribution in [0.25, 0.3) is 0 Å². The minimum absolute atomic E-state index is 0.0193. The summed E-state index contributed by atoms with van der Waals surface area (Å²) in [5, 5.41) is 21.2. The Bertz CT molecular complexity index is 914. The van der Waals surface area contributed by atoms with Crippen LogP contribution in [0.15, 0.2) is 48.5 Å². The first-order valence-electron chi connectivity index (χ1n) is 13.8. The highest BCUT2D eigenvalue weighted by Crippen LogP contribution is 2.18. The Morgan fingerprint density at radius 1 is 0.372 bits per heavy atom. The molecular weight excluding hydrogens is 572 g/mol. The van der Waals surface area contributed by atoms with Crippen molar-refractivity contribution in [3.05, 3.63) is 68.8 Å². The molecule has 240 valence electrons. The molecule has 0 saturated carbocycles. The molecule has 0 atom stereocenters. The van der Waals surface area contributed by atoms with Crippen LogP contribution in [0, 0.1) is 20.2 Å². The molecule has 2 aromatic carbocycles. The van der Waals surface area contributed by atoms with Gasteiger partial charge in [-0.05, 0) is 24.3 Å². The Morgan fingerprint density at radius 3 is 0.791 bits per heavy atom. The van der Waals surface area contributed by atoms with Crippen molar-refractivity contribution >= 4 is 11.4 Å². The van der Waals surface area contributed by atoms with Gasteiger partial charge in [-0.3, -0.25) is 20.2 Å². The van der Waals surface area contributed by atoms with E-state index in [2.05, 4.69) is 0 Å². The lowest BCUT2D eigenvalue weighted by Gasteiger charge is -2.09. The summed E-state index contributed by atoms with van der Waals surface area (Å²) < 4.78 is 48.9. The smallest absolute Gasteiger partial charge is 0.269 e. The first kappa shape index (κ1) is 35.8. The van der Waals surface area contributed by atoms with Crippen LogP contribution in [0.1, 0.15) is 0 Å². The van der Waals surface area contributed by atoms with Crippen LogP contribution in [0.2, 0.25) is 0 Å². The Kier molecular flexibility index (Phi) is 20.0. The predicted molar refractivity (Wildman–Crippen MR) is 153 cm³/mol. The van der Waals surface area contributed by atoms with E-state index in [1.54, 1.807) is 24.3 Å². The van der Waals surface area contributed by atoms with Gasteiger partial charge in [0.1, 0.15) is 24.7 Å². The van der Waals surface area contributed by atoms with Gasteiger partial charge in [0, 0.05) is 24.3 Å². The molecule has 0 aromatic heterocycles. The summed E-state index contributed by atoms with van der Waals surface area (Å²) in [6, 6.07) is 11.8. The van der Waals surface area contributed by atoms with Crippen molar-refractivity contribution < 1.29 is 52.5 Å². The van der Waals surface area contributed by atoms with E-state index in [1.165, 1.54) is 24.3 Å². The van der Waals surface area contributed by atoms with Crippen LogP contribution in [0.3, 0.4) is 0 Å². The van der Waals surface area contributed by atoms with Gasteiger partial charge < -0.3 is 42.6 Å². The monoisotopic (exact) mass is 612 g/mol. The highest BCUT2D eigenvalue weighted by Gasteiger charge is 2.05. The Hall–Kier alpha value is -3.44. The van der Waals surface area contributed by atoms with E-state index in [0.717, 1.165) is 0 Å². The number of hydrogen-bond acceptors (Lipinski definition) is 13. The molecule has 0 aliphatic carbocycles. The maximum atomic E-state index is 10.6. The summed E-state index contributed by atoms with van der Waals surface area (Å²) in [5.74, 6) is 1.10. The van der Waals surface area contributed by atoms with E-state index in [0.29, 0.717) is 117 Å². The van der Waals surface area contributed by atoms with Gasteiger partial charge in [0.15, 0.2) is 0 Å². The lowest BCUT2D eigenvalue weighted by atomic mass is 10.3. The van der Waals surface area contributed by atoms with Crippen molar-refractivity contribution in [1.82, 2.24) is 0 Å². The number of nitro groups is 2. The number of nitro benzene ring substituents is 2. The van der Waals surface area contributed by atoms with Crippen LogP contribution in [0.5, 0.6) is 11.5 Å². The fraction of sp³-hybridized carbons (Fsp3) is 0.571. The molecule has 0 aliphatic heterocycles. The third-order valence-corrected chi connectivity index (χ3v) is 5.32. The summed E-state index contributed by atoms with van der Waals surface area (Å²) in [6.45, 7) is 6.82. The Balaban J connectivity index is 1.21. The third-order valence-electron chi connectivity index (χ3n) is 5.32. The minimum atomic E-state index is -0.458. The van der Waals surface area contributed by atoms with Gasteiger partial charge in [-0.25, -0.2) is 0 Å². The maximum Gasteiger partial charge on any atom is 0.269 e. The van der Waals surface area contributed by atoms with Crippen molar-refractivity contribution in [3.63, 3.8) is 0 Å². The number of nitrogens with zero attached hydrogens (tertiary/aromatic N) is 2. The van der Waals surface area contributed by atoms with E-state index >= 15 is 0 Å². The molecule has 0 saturated heterocycles. The van der Waals surface area contributed by atoms with E-state index in [1.807, 2.05) is 0 Å². The van der Waals surface area contributed by atoms with Gasteiger partial charge in [0.05, 0.1) is 102 Å². The second kappa shape index (κ2) is 24.0. The van der Waals surface area contributed by atoms with Gasteiger partial charge >= 0.3 is 0 Å². The summed E-state index contributed by atoms with van der Waals surface area (Å²) in [5.41, 5.74) is 0.0386. The van der Waals surface area contributed by atoms with E-state index in [4.69, 9.17) is 42.6 Å². The average Bonchev–Trinajstić information content (AvgIpc) is 3.01. The number of hydrogen-bond donors (Lipinski definition) is 0. The number of benzene rings is 2. The molecule has 0 spiro atoms. The van der Waals surface area contributed by atoms with Crippen LogP contribution in [-0.4, -0.2) is 116 Å². The lowest BCUT2D eigenvalue weighted by Crippen LogP contribution is -2.15. The quantitative estimate of drug-likeness (QED) is 0.0781. The fourth-order valence-corrected chi connectivity index (χ4v) is 3.19. The van der Waals surface area contributed by atoms with Crippen molar-refractivity contribution in [3.8, 4) is 11.5 Å². The largest absolute Gasteiger partial charge is 0.491 e. The molecule has 43 heavy (non-hydrogen) atoms. The van der Waals surface area contributed by atoms with Gasteiger partial charge in [-0.15, -0.1) is 0 Å². The zero-order valence-electron chi connectivity index (χ0n) is 24.1. The van der Waals surface area contributed by atoms with Crippen LogP contribution >= 0.6 is 0 Å². The Labute approximate surface area is 250 Å². The molecule has 0 unspecified atom stereocenters. The zero-order valence-corrected chi connectivity index (χ0v) is 24.1. The summed E-state index contributed by atoms with van der Waals surface area (Å²) in [7, 11) is 0. The topological polar surface area (TPSA) is 169 Å². The van der Waals surface area contributed by atoms with E-state index in [9.17, 15) is 20.2 Å². The highest BCUT2D eigenvalue weighted by molar-refractivity contribution is 5.36. The SMILES string of the molecule is O=[N+]([O-])c1ccc(OCCOCCOCCOCCOCCOCCOCCOCCOc2ccc([N+](=O)[O-])cc2)cc1. The van der Waals surface area contributed by atoms with Crippen molar-refractivity contribution in [2.45, 2.75) is 0 Å². The van der Waals surface area contributed by atoms with Crippen LogP contribution in [0.4, 0.5) is 11.4 Å². The summed E-state index contributed by atoms with van der Waals surface area (Å²) >= 11 is 0. The van der Waals surface area contributed by atoms with Crippen molar-refractivity contribution in [1.29, 1.82) is 0 Å². The van der Waals surface area contributed by atoms with Gasteiger partial charge in [-0.1, -0.05) is 0 Å². The number of non-ortho nitro benzene ring substituents is 2. The normalized spacial score (nSPS) is 11.0. The van der Waals surface area contributed by atoms with E-state index in [-0.39, 0.29) is 11.4 Å². The predicted octanol–water partition coefficient (Wildman–Crippen LogP) is 3.08. The van der Waals surface area contributed by atoms with Crippen LogP contribution < -0.4 is 9.47 Å². The molecule has 15 nitrogen and oxygen atoms in total. The molecule has 0 heterocycles. The first-order chi connectivity index (χ1) is 21.1. The van der Waals surface area contributed by atoms with Gasteiger partial charge in [0.2, 0.25) is 0 Å². The van der Waals surface area contributed by atoms with Crippen molar-refractivity contribution in [2.75, 3.05) is 106 Å². The molecule has 15 heteroatoms. The minimum Gasteiger partial charge on any atom is -0.491 e. The van der Waals surface area contributed by atoms with Crippen molar-refractivity contribution in [2.24, 2.45) is 0 Å². The summed E-state index contributed by atoms with van der Waals surface area (Å²) in [4.78, 5) is 20.3. The van der Waals surface area contributed by atoms with E-state index < -0.39 is 9.85 Å². The average molecular weight is 613 g/mol. The first-order valence-corrected chi connectivity index (χ1v) is 13.8. The molecule has 0 bridgehead atoms. The fourth-order valence-electron chi connectivity index (χ4n) is 3.19. The molecule has 2 rings (SSSR count). The number of ether oxygens (including phenoxy) is 9. The molecule has 0 fully saturated rings. The highest BCUT2D eigenvalue weighted by atomic mass is 16.6. The molecule has 0 radical (unpaired) electrons. The van der Waals surface area contributed by atoms with Crippen LogP contribution in [-0.2, 0) is 33.2 Å².